The van der Waals surface area contributed by atoms with Crippen LogP contribution in [-0.4, -0.2) is 70.5 Å². The Morgan fingerprint density at radius 2 is 1.90 bits per heavy atom. The summed E-state index contributed by atoms with van der Waals surface area (Å²) in [6, 6.07) is 2.85. The first-order valence-corrected chi connectivity index (χ1v) is 14.1. The average Bonchev–Trinajstić information content (AvgIpc) is 3.43. The van der Waals surface area contributed by atoms with Crippen molar-refractivity contribution in [1.29, 1.82) is 0 Å². The molecule has 2 aliphatic rings. The smallest absolute Gasteiger partial charge is 0.349 e. The minimum absolute atomic E-state index is 0.0170. The van der Waals surface area contributed by atoms with Gasteiger partial charge in [-0.1, -0.05) is 37.8 Å². The van der Waals surface area contributed by atoms with Crippen LogP contribution in [-0.2, 0) is 17.6 Å². The largest absolute Gasteiger partial charge is 0.355 e. The van der Waals surface area contributed by atoms with Gasteiger partial charge >= 0.3 is 5.69 Å². The van der Waals surface area contributed by atoms with E-state index in [2.05, 4.69) is 26.9 Å². The Kier molecular flexibility index (Phi) is 6.91. The highest BCUT2D eigenvalue weighted by molar-refractivity contribution is 5.90. The summed E-state index contributed by atoms with van der Waals surface area (Å²) in [5.74, 6) is -0.550. The van der Waals surface area contributed by atoms with Crippen molar-refractivity contribution in [3.05, 3.63) is 82.6 Å². The zero-order chi connectivity index (χ0) is 29.7. The highest BCUT2D eigenvalue weighted by Gasteiger charge is 2.34. The second-order valence-corrected chi connectivity index (χ2v) is 11.1. The van der Waals surface area contributed by atoms with Crippen LogP contribution in [0.3, 0.4) is 0 Å². The Hall–Kier alpha value is -4.74. The fourth-order valence-corrected chi connectivity index (χ4v) is 5.86. The number of amides is 1. The normalized spacial score (nSPS) is 19.3. The van der Waals surface area contributed by atoms with Crippen LogP contribution in [0, 0.1) is 5.82 Å². The van der Waals surface area contributed by atoms with E-state index in [0.717, 1.165) is 5.56 Å². The third kappa shape index (κ3) is 4.47. The first kappa shape index (κ1) is 27.4. The number of halogens is 1. The van der Waals surface area contributed by atoms with Gasteiger partial charge in [0.2, 0.25) is 5.91 Å². The number of hydrogen-bond donors (Lipinski definition) is 0. The molecular weight excluding hydrogens is 537 g/mol. The molecule has 2 aliphatic heterocycles. The number of rotatable bonds is 3. The molecule has 42 heavy (non-hydrogen) atoms. The van der Waals surface area contributed by atoms with Gasteiger partial charge in [0.15, 0.2) is 17.3 Å². The molecular formula is C30H32FN9O2. The van der Waals surface area contributed by atoms with Gasteiger partial charge in [-0.3, -0.25) is 9.78 Å². The van der Waals surface area contributed by atoms with Gasteiger partial charge in [0.05, 0.1) is 28.7 Å². The van der Waals surface area contributed by atoms with E-state index >= 15 is 4.39 Å². The second kappa shape index (κ2) is 10.6. The summed E-state index contributed by atoms with van der Waals surface area (Å²) < 4.78 is 18.8. The van der Waals surface area contributed by atoms with E-state index in [9.17, 15) is 9.59 Å². The Labute approximate surface area is 242 Å². The summed E-state index contributed by atoms with van der Waals surface area (Å²) in [6.45, 7) is 12.3. The zero-order valence-electron chi connectivity index (χ0n) is 24.0. The van der Waals surface area contributed by atoms with Crippen LogP contribution >= 0.6 is 0 Å². The number of nitrogens with zero attached hydrogens (tertiary/aromatic N) is 9. The van der Waals surface area contributed by atoms with Crippen molar-refractivity contribution in [2.75, 3.05) is 18.0 Å². The number of anilines is 1. The summed E-state index contributed by atoms with van der Waals surface area (Å²) in [5.41, 5.74) is 2.53. The first-order valence-electron chi connectivity index (χ1n) is 14.1. The number of pyridine rings is 2. The second-order valence-electron chi connectivity index (χ2n) is 11.1. The summed E-state index contributed by atoms with van der Waals surface area (Å²) >= 11 is 0. The summed E-state index contributed by atoms with van der Waals surface area (Å²) in [4.78, 5) is 44.3. The van der Waals surface area contributed by atoms with Gasteiger partial charge in [0.1, 0.15) is 5.82 Å². The number of carbonyl (C=O) groups excluding carboxylic acids is 1. The third-order valence-corrected chi connectivity index (χ3v) is 7.96. The van der Waals surface area contributed by atoms with E-state index in [0.29, 0.717) is 54.2 Å². The van der Waals surface area contributed by atoms with E-state index in [1.165, 1.54) is 21.4 Å². The fraction of sp³-hybridized carbons (Fsp3) is 0.367. The summed E-state index contributed by atoms with van der Waals surface area (Å²) in [7, 11) is 0. The number of aromatic nitrogens is 7. The molecule has 0 radical (unpaired) electrons. The lowest BCUT2D eigenvalue weighted by molar-refractivity contribution is -0.128. The molecule has 6 rings (SSSR count). The van der Waals surface area contributed by atoms with Crippen molar-refractivity contribution in [1.82, 2.24) is 39.4 Å². The number of hydrogen-bond acceptors (Lipinski definition) is 8. The molecule has 0 aromatic carbocycles. The summed E-state index contributed by atoms with van der Waals surface area (Å²) in [5, 5.41) is 8.49. The average molecular weight is 570 g/mol. The lowest BCUT2D eigenvalue weighted by Gasteiger charge is -2.44. The highest BCUT2D eigenvalue weighted by Crippen LogP contribution is 2.33. The molecule has 0 saturated carbocycles. The molecule has 216 valence electrons. The molecule has 0 aliphatic carbocycles. The zero-order valence-corrected chi connectivity index (χ0v) is 24.0. The van der Waals surface area contributed by atoms with E-state index in [1.54, 1.807) is 17.3 Å². The molecule has 6 heterocycles. The Bertz CT molecular complexity index is 1810. The third-order valence-electron chi connectivity index (χ3n) is 7.96. The Morgan fingerprint density at radius 3 is 2.67 bits per heavy atom. The molecule has 4 aromatic heterocycles. The van der Waals surface area contributed by atoms with Gasteiger partial charge in [-0.25, -0.2) is 18.7 Å². The van der Waals surface area contributed by atoms with Crippen molar-refractivity contribution in [3.8, 4) is 11.5 Å². The maximum absolute atomic E-state index is 16.0. The molecule has 11 nitrogen and oxygen atoms in total. The quantitative estimate of drug-likeness (QED) is 0.273. The van der Waals surface area contributed by atoms with E-state index in [4.69, 9.17) is 4.98 Å². The molecule has 1 amide bonds. The van der Waals surface area contributed by atoms with Gasteiger partial charge in [0.25, 0.3) is 0 Å². The van der Waals surface area contributed by atoms with Gasteiger partial charge in [-0.2, -0.15) is 9.67 Å². The molecule has 2 bridgehead atoms. The van der Waals surface area contributed by atoms with Gasteiger partial charge < -0.3 is 9.80 Å². The predicted molar refractivity (Wildman–Crippen MR) is 157 cm³/mol. The maximum Gasteiger partial charge on any atom is 0.355 e. The predicted octanol–water partition coefficient (Wildman–Crippen LogP) is 3.29. The van der Waals surface area contributed by atoms with Crippen molar-refractivity contribution >= 4 is 22.8 Å². The van der Waals surface area contributed by atoms with Crippen LogP contribution < -0.4 is 10.6 Å². The van der Waals surface area contributed by atoms with Gasteiger partial charge in [-0.15, -0.1) is 5.10 Å². The van der Waals surface area contributed by atoms with Crippen LogP contribution in [0.4, 0.5) is 10.2 Å². The highest BCUT2D eigenvalue weighted by atomic mass is 19.1. The summed E-state index contributed by atoms with van der Waals surface area (Å²) in [6.07, 6.45) is 9.61. The molecule has 1 saturated heterocycles. The molecule has 1 fully saturated rings. The fourth-order valence-electron chi connectivity index (χ4n) is 5.86. The van der Waals surface area contributed by atoms with Crippen LogP contribution in [0.25, 0.3) is 22.5 Å². The first-order chi connectivity index (χ1) is 20.2. The number of carbonyl (C=O) groups is 1. The molecule has 2 unspecified atom stereocenters. The van der Waals surface area contributed by atoms with E-state index < -0.39 is 11.5 Å². The van der Waals surface area contributed by atoms with Gasteiger partial charge in [-0.05, 0) is 50.0 Å². The number of fused-ring (bicyclic) bond motifs is 5. The molecule has 0 N–H and O–H groups in total. The van der Waals surface area contributed by atoms with Crippen LogP contribution in [0.15, 0.2) is 54.1 Å². The van der Waals surface area contributed by atoms with Crippen LogP contribution in [0.1, 0.15) is 50.6 Å². The monoisotopic (exact) mass is 569 g/mol. The number of allylic oxidation sites excluding steroid dienone is 2. The van der Waals surface area contributed by atoms with Crippen LogP contribution in [0.5, 0.6) is 0 Å². The lowest BCUT2D eigenvalue weighted by atomic mass is 10.0. The Balaban J connectivity index is 1.67. The van der Waals surface area contributed by atoms with Crippen molar-refractivity contribution in [2.24, 2.45) is 0 Å². The topological polar surface area (TPSA) is 115 Å². The Morgan fingerprint density at radius 1 is 1.12 bits per heavy atom. The standard InChI is InChI=1S/C30H32FN9O2/c1-6-24(41)37-15-19(5)38(16-18(37)4)27-22-13-23(31)29-34-28(22)39(30(42)35-27)26-20(11-12-32-25(26)17(2)3)9-7-8-10-21-14-33-36-40(21)29/h6-8,11-14,17-19H,1,9-10,15-16H2,2-5H3/b8-7-. The maximum atomic E-state index is 16.0. The van der Waals surface area contributed by atoms with E-state index in [1.807, 2.05) is 50.8 Å². The minimum atomic E-state index is -0.625. The van der Waals surface area contributed by atoms with E-state index in [-0.39, 0.29) is 35.4 Å². The number of piperazine rings is 1. The van der Waals surface area contributed by atoms with Crippen LogP contribution in [0.2, 0.25) is 0 Å². The van der Waals surface area contributed by atoms with Gasteiger partial charge in [0, 0.05) is 37.8 Å². The lowest BCUT2D eigenvalue weighted by Crippen LogP contribution is -2.58. The SMILES string of the molecule is C=CC(=O)N1CC(C)N(c2nc(=O)n3c4nc(c(F)cc24)-n2nncc2C/C=C\Cc2ccnc(C(C)C)c2-3)CC1C. The van der Waals surface area contributed by atoms with Crippen molar-refractivity contribution in [2.45, 2.75) is 58.5 Å². The molecule has 2 atom stereocenters. The van der Waals surface area contributed by atoms with Crippen molar-refractivity contribution in [3.63, 3.8) is 0 Å². The molecule has 12 heteroatoms. The minimum Gasteiger partial charge on any atom is -0.349 e. The molecule has 0 spiro atoms. The molecule has 4 aromatic rings. The van der Waals surface area contributed by atoms with Crippen molar-refractivity contribution < 1.29 is 9.18 Å².